The van der Waals surface area contributed by atoms with Crippen molar-refractivity contribution >= 4 is 0 Å². The molecule has 0 aliphatic rings. The number of aromatic amines is 1. The van der Waals surface area contributed by atoms with Crippen molar-refractivity contribution in [2.45, 2.75) is 6.92 Å². The third kappa shape index (κ3) is 0.992. The van der Waals surface area contributed by atoms with E-state index in [2.05, 4.69) is 9.97 Å². The minimum absolute atomic E-state index is 0.590. The fraction of sp³-hybridized carbons (Fsp3) is 0.400. The van der Waals surface area contributed by atoms with Gasteiger partial charge in [-0.2, -0.15) is 0 Å². The quantitative estimate of drug-likeness (QED) is 0.614. The third-order valence-electron chi connectivity index (χ3n) is 0.754. The van der Waals surface area contributed by atoms with Gasteiger partial charge in [-0.15, -0.1) is 0 Å². The molecule has 0 radical (unpaired) electrons. The van der Waals surface area contributed by atoms with Crippen LogP contribution in [0.4, 0.5) is 0 Å². The monoisotopic (exact) mass is 112 g/mol. The Hall–Kier alpha value is -0.990. The zero-order chi connectivity index (χ0) is 5.82. The van der Waals surface area contributed by atoms with E-state index in [9.17, 15) is 0 Å². The summed E-state index contributed by atoms with van der Waals surface area (Å²) < 4.78 is 4.98. The van der Waals surface area contributed by atoms with Crippen molar-refractivity contribution in [1.82, 2.24) is 9.97 Å². The van der Waals surface area contributed by atoms with Gasteiger partial charge in [-0.25, -0.2) is 4.98 Å². The number of hydrogen-bond acceptors (Lipinski definition) is 2. The molecule has 44 valence electrons. The summed E-state index contributed by atoms with van der Waals surface area (Å²) in [5.41, 5.74) is 0. The number of hydrogen-bond donors (Lipinski definition) is 1. The highest BCUT2D eigenvalue weighted by molar-refractivity contribution is 4.91. The lowest BCUT2D eigenvalue weighted by atomic mass is 10.9. The van der Waals surface area contributed by atoms with Crippen LogP contribution in [0.2, 0.25) is 0 Å². The Balaban J connectivity index is 2.50. The van der Waals surface area contributed by atoms with E-state index in [1.165, 1.54) is 0 Å². The summed E-state index contributed by atoms with van der Waals surface area (Å²) >= 11 is 0. The molecule has 0 aliphatic heterocycles. The second-order valence-electron chi connectivity index (χ2n) is 1.33. The molecule has 0 aromatic carbocycles. The molecule has 3 heteroatoms. The zero-order valence-electron chi connectivity index (χ0n) is 4.72. The van der Waals surface area contributed by atoms with Gasteiger partial charge in [-0.3, -0.25) is 0 Å². The molecule has 8 heavy (non-hydrogen) atoms. The maximum atomic E-state index is 4.98. The van der Waals surface area contributed by atoms with Gasteiger partial charge in [-0.1, -0.05) is 0 Å². The summed E-state index contributed by atoms with van der Waals surface area (Å²) in [7, 11) is 0. The standard InChI is InChI=1S/C5H8N2O/c1-2-8-5-6-3-4-7-5/h3-4H,2H2,1H3,(H,6,7). The molecule has 1 aromatic rings. The van der Waals surface area contributed by atoms with Gasteiger partial charge in [0.25, 0.3) is 6.01 Å². The van der Waals surface area contributed by atoms with E-state index in [0.29, 0.717) is 12.6 Å². The fourth-order valence-electron chi connectivity index (χ4n) is 0.466. The lowest BCUT2D eigenvalue weighted by Crippen LogP contribution is -1.91. The van der Waals surface area contributed by atoms with Crippen LogP contribution in [-0.2, 0) is 0 Å². The second kappa shape index (κ2) is 2.35. The van der Waals surface area contributed by atoms with Crippen molar-refractivity contribution in [3.05, 3.63) is 12.4 Å². The van der Waals surface area contributed by atoms with Gasteiger partial charge in [0, 0.05) is 12.4 Å². The Bertz CT molecular complexity index is 136. The van der Waals surface area contributed by atoms with Gasteiger partial charge in [0.15, 0.2) is 0 Å². The van der Waals surface area contributed by atoms with Crippen LogP contribution in [0, 0.1) is 0 Å². The van der Waals surface area contributed by atoms with E-state index < -0.39 is 0 Å². The van der Waals surface area contributed by atoms with Gasteiger partial charge in [0.2, 0.25) is 0 Å². The van der Waals surface area contributed by atoms with Crippen LogP contribution in [0.5, 0.6) is 6.01 Å². The third-order valence-corrected chi connectivity index (χ3v) is 0.754. The molecular formula is C5H8N2O. The molecule has 0 atom stereocenters. The van der Waals surface area contributed by atoms with Crippen LogP contribution in [0.3, 0.4) is 0 Å². The molecule has 0 unspecified atom stereocenters. The molecule has 0 spiro atoms. The molecule has 0 saturated carbocycles. The summed E-state index contributed by atoms with van der Waals surface area (Å²) in [6.07, 6.45) is 3.38. The molecule has 1 N–H and O–H groups in total. The SMILES string of the molecule is CCOc1ncc[nH]1. The number of imidazole rings is 1. The molecule has 0 bridgehead atoms. The van der Waals surface area contributed by atoms with Crippen molar-refractivity contribution in [2.24, 2.45) is 0 Å². The highest BCUT2D eigenvalue weighted by Gasteiger charge is 1.87. The Labute approximate surface area is 47.7 Å². The van der Waals surface area contributed by atoms with Gasteiger partial charge < -0.3 is 9.72 Å². The van der Waals surface area contributed by atoms with E-state index in [1.807, 2.05) is 6.92 Å². The number of rotatable bonds is 2. The Kier molecular flexibility index (Phi) is 1.51. The maximum Gasteiger partial charge on any atom is 0.293 e. The number of ether oxygens (including phenoxy) is 1. The Morgan fingerprint density at radius 2 is 2.75 bits per heavy atom. The van der Waals surface area contributed by atoms with Crippen molar-refractivity contribution in [3.8, 4) is 6.01 Å². The fourth-order valence-corrected chi connectivity index (χ4v) is 0.466. The van der Waals surface area contributed by atoms with Crippen LogP contribution in [0.25, 0.3) is 0 Å². The van der Waals surface area contributed by atoms with E-state index >= 15 is 0 Å². The predicted octanol–water partition coefficient (Wildman–Crippen LogP) is 0.808. The van der Waals surface area contributed by atoms with Crippen molar-refractivity contribution in [2.75, 3.05) is 6.61 Å². The van der Waals surface area contributed by atoms with Crippen LogP contribution >= 0.6 is 0 Å². The number of nitrogens with zero attached hydrogens (tertiary/aromatic N) is 1. The van der Waals surface area contributed by atoms with E-state index in [4.69, 9.17) is 4.74 Å². The minimum Gasteiger partial charge on any atom is -0.465 e. The molecule has 0 saturated heterocycles. The predicted molar refractivity (Wildman–Crippen MR) is 29.8 cm³/mol. The molecule has 0 fully saturated rings. The first-order valence-electron chi connectivity index (χ1n) is 2.55. The van der Waals surface area contributed by atoms with Crippen molar-refractivity contribution in [3.63, 3.8) is 0 Å². The van der Waals surface area contributed by atoms with Gasteiger partial charge in [-0.05, 0) is 6.92 Å². The first-order chi connectivity index (χ1) is 3.93. The zero-order valence-corrected chi connectivity index (χ0v) is 4.72. The Morgan fingerprint density at radius 3 is 3.25 bits per heavy atom. The molecule has 0 aliphatic carbocycles. The number of H-pyrrole nitrogens is 1. The molecule has 1 aromatic heterocycles. The summed E-state index contributed by atoms with van der Waals surface area (Å²) in [6.45, 7) is 2.58. The van der Waals surface area contributed by atoms with E-state index in [1.54, 1.807) is 12.4 Å². The normalized spacial score (nSPS) is 9.12. The van der Waals surface area contributed by atoms with E-state index in [-0.39, 0.29) is 0 Å². The largest absolute Gasteiger partial charge is 0.465 e. The van der Waals surface area contributed by atoms with Gasteiger partial charge >= 0.3 is 0 Å². The molecule has 1 heterocycles. The molecule has 0 amide bonds. The molecule has 1 rings (SSSR count). The molecule has 3 nitrogen and oxygen atoms in total. The van der Waals surface area contributed by atoms with Crippen molar-refractivity contribution in [1.29, 1.82) is 0 Å². The second-order valence-corrected chi connectivity index (χ2v) is 1.33. The summed E-state index contributed by atoms with van der Waals surface area (Å²) in [6, 6.07) is 0.590. The Morgan fingerprint density at radius 1 is 1.88 bits per heavy atom. The lowest BCUT2D eigenvalue weighted by Gasteiger charge is -1.92. The van der Waals surface area contributed by atoms with Gasteiger partial charge in [0.05, 0.1) is 6.61 Å². The smallest absolute Gasteiger partial charge is 0.293 e. The minimum atomic E-state index is 0.590. The van der Waals surface area contributed by atoms with E-state index in [0.717, 1.165) is 0 Å². The van der Waals surface area contributed by atoms with Crippen molar-refractivity contribution < 1.29 is 4.74 Å². The molecular weight excluding hydrogens is 104 g/mol. The summed E-state index contributed by atoms with van der Waals surface area (Å²) in [5, 5.41) is 0. The first kappa shape index (κ1) is 5.15. The summed E-state index contributed by atoms with van der Waals surface area (Å²) in [4.78, 5) is 6.63. The maximum absolute atomic E-state index is 4.98. The van der Waals surface area contributed by atoms with Crippen LogP contribution < -0.4 is 4.74 Å². The van der Waals surface area contributed by atoms with Crippen LogP contribution in [0.15, 0.2) is 12.4 Å². The number of aromatic nitrogens is 2. The summed E-state index contributed by atoms with van der Waals surface area (Å²) in [5.74, 6) is 0. The highest BCUT2D eigenvalue weighted by atomic mass is 16.5. The first-order valence-corrected chi connectivity index (χ1v) is 2.55. The average molecular weight is 112 g/mol. The lowest BCUT2D eigenvalue weighted by molar-refractivity contribution is 0.316. The van der Waals surface area contributed by atoms with Crippen LogP contribution in [0.1, 0.15) is 6.92 Å². The highest BCUT2D eigenvalue weighted by Crippen LogP contribution is 1.96. The average Bonchev–Trinajstić information content (AvgIpc) is 2.19. The van der Waals surface area contributed by atoms with Crippen LogP contribution in [-0.4, -0.2) is 16.6 Å². The van der Waals surface area contributed by atoms with Gasteiger partial charge in [0.1, 0.15) is 0 Å². The number of nitrogens with one attached hydrogen (secondary N) is 1. The topological polar surface area (TPSA) is 37.9 Å².